The van der Waals surface area contributed by atoms with Gasteiger partial charge in [-0.3, -0.25) is 4.79 Å². The van der Waals surface area contributed by atoms with Gasteiger partial charge < -0.3 is 14.1 Å². The predicted molar refractivity (Wildman–Crippen MR) is 103 cm³/mol. The average Bonchev–Trinajstić information content (AvgIpc) is 2.65. The highest BCUT2D eigenvalue weighted by atomic mass is 16.5. The normalized spacial score (nSPS) is 11.0. The van der Waals surface area contributed by atoms with Crippen molar-refractivity contribution in [3.05, 3.63) is 76.2 Å². The van der Waals surface area contributed by atoms with Gasteiger partial charge in [-0.05, 0) is 35.9 Å². The van der Waals surface area contributed by atoms with Crippen molar-refractivity contribution < 1.29 is 13.9 Å². The van der Waals surface area contributed by atoms with E-state index in [9.17, 15) is 9.59 Å². The maximum Gasteiger partial charge on any atom is 0.347 e. The number of carbonyl (C=O) groups excluding carboxylic acids is 1. The summed E-state index contributed by atoms with van der Waals surface area (Å²) in [7, 11) is 5.42. The fourth-order valence-corrected chi connectivity index (χ4v) is 2.60. The van der Waals surface area contributed by atoms with Crippen LogP contribution in [0.3, 0.4) is 0 Å². The zero-order valence-corrected chi connectivity index (χ0v) is 14.9. The molecule has 0 unspecified atom stereocenters. The maximum atomic E-state index is 12.4. The zero-order valence-electron chi connectivity index (χ0n) is 14.9. The van der Waals surface area contributed by atoms with E-state index in [0.29, 0.717) is 16.7 Å². The summed E-state index contributed by atoms with van der Waals surface area (Å²) in [4.78, 5) is 26.6. The molecule has 0 saturated heterocycles. The molecule has 0 fully saturated rings. The molecule has 0 aliphatic carbocycles. The predicted octanol–water partition coefficient (Wildman–Crippen LogP) is 3.76. The zero-order chi connectivity index (χ0) is 18.7. The molecule has 0 aliphatic heterocycles. The minimum Gasteiger partial charge on any atom is -0.493 e. The van der Waals surface area contributed by atoms with Crippen LogP contribution in [0, 0.1) is 0 Å². The number of para-hydroxylation sites is 1. The van der Waals surface area contributed by atoms with Crippen LogP contribution in [-0.4, -0.2) is 27.0 Å². The van der Waals surface area contributed by atoms with Gasteiger partial charge in [0.1, 0.15) is 5.56 Å². The summed E-state index contributed by atoms with van der Waals surface area (Å²) in [6, 6.07) is 14.5. The first-order chi connectivity index (χ1) is 12.5. The first kappa shape index (κ1) is 17.5. The lowest BCUT2D eigenvalue weighted by Gasteiger charge is -2.11. The van der Waals surface area contributed by atoms with E-state index in [-0.39, 0.29) is 5.56 Å². The molecule has 0 spiro atoms. The molecule has 0 radical (unpaired) electrons. The standard InChI is InChI=1S/C21H19NO4/c1-22(2)16-10-7-14(8-11-16)9-12-18(23)17-13-15-5-4-6-19(25-3)20(15)26-21(17)24/h4-13H,1-3H3. The van der Waals surface area contributed by atoms with Crippen LogP contribution in [0.25, 0.3) is 17.0 Å². The molecule has 0 atom stereocenters. The lowest BCUT2D eigenvalue weighted by Crippen LogP contribution is -2.12. The van der Waals surface area contributed by atoms with E-state index in [2.05, 4.69) is 0 Å². The van der Waals surface area contributed by atoms with Crippen molar-refractivity contribution in [3.63, 3.8) is 0 Å². The van der Waals surface area contributed by atoms with Crippen molar-refractivity contribution in [1.29, 1.82) is 0 Å². The number of benzene rings is 2. The van der Waals surface area contributed by atoms with Crippen LogP contribution in [0.4, 0.5) is 5.69 Å². The third kappa shape index (κ3) is 3.52. The van der Waals surface area contributed by atoms with E-state index >= 15 is 0 Å². The van der Waals surface area contributed by atoms with Gasteiger partial charge in [-0.25, -0.2) is 4.79 Å². The second kappa shape index (κ2) is 7.27. The van der Waals surface area contributed by atoms with E-state index in [1.54, 1.807) is 24.3 Å². The number of ether oxygens (including phenoxy) is 1. The number of methoxy groups -OCH3 is 1. The van der Waals surface area contributed by atoms with Gasteiger partial charge in [0.25, 0.3) is 0 Å². The van der Waals surface area contributed by atoms with Gasteiger partial charge in [-0.1, -0.05) is 30.3 Å². The third-order valence-electron chi connectivity index (χ3n) is 4.05. The molecule has 1 aromatic heterocycles. The molecule has 0 saturated carbocycles. The Kier molecular flexibility index (Phi) is 4.89. The lowest BCUT2D eigenvalue weighted by atomic mass is 10.1. The Balaban J connectivity index is 1.90. The number of nitrogens with zero attached hydrogens (tertiary/aromatic N) is 1. The van der Waals surface area contributed by atoms with Crippen LogP contribution in [0.15, 0.2) is 63.8 Å². The van der Waals surface area contributed by atoms with Crippen molar-refractivity contribution in [1.82, 2.24) is 0 Å². The van der Waals surface area contributed by atoms with E-state index in [4.69, 9.17) is 9.15 Å². The second-order valence-electron chi connectivity index (χ2n) is 6.01. The van der Waals surface area contributed by atoms with Crippen molar-refractivity contribution in [2.24, 2.45) is 0 Å². The molecular formula is C21H19NO4. The smallest absolute Gasteiger partial charge is 0.347 e. The number of rotatable bonds is 5. The Hall–Kier alpha value is -3.34. The van der Waals surface area contributed by atoms with E-state index in [1.807, 2.05) is 43.3 Å². The number of ketones is 1. The molecule has 5 heteroatoms. The third-order valence-corrected chi connectivity index (χ3v) is 4.05. The van der Waals surface area contributed by atoms with Crippen LogP contribution in [-0.2, 0) is 0 Å². The molecular weight excluding hydrogens is 330 g/mol. The van der Waals surface area contributed by atoms with Crippen molar-refractivity contribution in [2.45, 2.75) is 0 Å². The Morgan fingerprint density at radius 3 is 2.50 bits per heavy atom. The first-order valence-electron chi connectivity index (χ1n) is 8.10. The highest BCUT2D eigenvalue weighted by molar-refractivity contribution is 6.08. The summed E-state index contributed by atoms with van der Waals surface area (Å²) in [6.45, 7) is 0. The molecule has 2 aromatic carbocycles. The maximum absolute atomic E-state index is 12.4. The van der Waals surface area contributed by atoms with Gasteiger partial charge in [-0.2, -0.15) is 0 Å². The highest BCUT2D eigenvalue weighted by Crippen LogP contribution is 2.24. The Bertz CT molecular complexity index is 1030. The van der Waals surface area contributed by atoms with Crippen molar-refractivity contribution in [2.75, 3.05) is 26.1 Å². The summed E-state index contributed by atoms with van der Waals surface area (Å²) >= 11 is 0. The molecule has 0 aliphatic rings. The van der Waals surface area contributed by atoms with Gasteiger partial charge in [0.15, 0.2) is 17.1 Å². The van der Waals surface area contributed by atoms with Crippen LogP contribution < -0.4 is 15.3 Å². The summed E-state index contributed by atoms with van der Waals surface area (Å²) in [6.07, 6.45) is 3.06. The van der Waals surface area contributed by atoms with E-state index < -0.39 is 11.4 Å². The first-order valence-corrected chi connectivity index (χ1v) is 8.10. The van der Waals surface area contributed by atoms with Gasteiger partial charge in [-0.15, -0.1) is 0 Å². The molecule has 0 bridgehead atoms. The molecule has 0 N–H and O–H groups in total. The number of hydrogen-bond acceptors (Lipinski definition) is 5. The molecule has 1 heterocycles. The van der Waals surface area contributed by atoms with Crippen LogP contribution >= 0.6 is 0 Å². The largest absolute Gasteiger partial charge is 0.493 e. The van der Waals surface area contributed by atoms with E-state index in [1.165, 1.54) is 19.3 Å². The molecule has 3 aromatic rings. The van der Waals surface area contributed by atoms with Crippen molar-refractivity contribution in [3.8, 4) is 5.75 Å². The number of anilines is 1. The molecule has 0 amide bonds. The van der Waals surface area contributed by atoms with Crippen LogP contribution in [0.5, 0.6) is 5.75 Å². The fraction of sp³-hybridized carbons (Fsp3) is 0.143. The SMILES string of the molecule is COc1cccc2cc(C(=O)C=Cc3ccc(N(C)C)cc3)c(=O)oc12. The number of allylic oxidation sites excluding steroid dienone is 1. The Labute approximate surface area is 151 Å². The average molecular weight is 349 g/mol. The van der Waals surface area contributed by atoms with Gasteiger partial charge in [0.05, 0.1) is 7.11 Å². The topological polar surface area (TPSA) is 59.8 Å². The van der Waals surface area contributed by atoms with E-state index in [0.717, 1.165) is 11.3 Å². The van der Waals surface area contributed by atoms with Gasteiger partial charge in [0.2, 0.25) is 0 Å². The Morgan fingerprint density at radius 2 is 1.85 bits per heavy atom. The summed E-state index contributed by atoms with van der Waals surface area (Å²) in [5, 5.41) is 0.635. The summed E-state index contributed by atoms with van der Waals surface area (Å²) in [5.74, 6) is 0.0512. The summed E-state index contributed by atoms with van der Waals surface area (Å²) in [5.41, 5.74) is 1.58. The number of carbonyl (C=O) groups is 1. The monoisotopic (exact) mass is 349 g/mol. The van der Waals surface area contributed by atoms with Crippen LogP contribution in [0.1, 0.15) is 15.9 Å². The molecule has 3 rings (SSSR count). The van der Waals surface area contributed by atoms with Crippen LogP contribution in [0.2, 0.25) is 0 Å². The minimum atomic E-state index is -0.681. The van der Waals surface area contributed by atoms with Gasteiger partial charge >= 0.3 is 5.63 Å². The lowest BCUT2D eigenvalue weighted by molar-refractivity contribution is 0.104. The Morgan fingerprint density at radius 1 is 1.12 bits per heavy atom. The molecule has 132 valence electrons. The van der Waals surface area contributed by atoms with Gasteiger partial charge in [0, 0.05) is 25.2 Å². The highest BCUT2D eigenvalue weighted by Gasteiger charge is 2.13. The molecule has 26 heavy (non-hydrogen) atoms. The molecule has 5 nitrogen and oxygen atoms in total. The van der Waals surface area contributed by atoms with Crippen molar-refractivity contribution >= 4 is 28.5 Å². The second-order valence-corrected chi connectivity index (χ2v) is 6.01. The summed E-state index contributed by atoms with van der Waals surface area (Å²) < 4.78 is 10.5. The number of hydrogen-bond donors (Lipinski definition) is 0. The number of fused-ring (bicyclic) bond motifs is 1. The quantitative estimate of drug-likeness (QED) is 0.399. The fourth-order valence-electron chi connectivity index (χ4n) is 2.60. The minimum absolute atomic E-state index is 0.00749.